The van der Waals surface area contributed by atoms with Crippen LogP contribution in [0.5, 0.6) is 0 Å². The monoisotopic (exact) mass is 325 g/mol. The molecule has 6 atom stereocenters. The van der Waals surface area contributed by atoms with Gasteiger partial charge in [0.2, 0.25) is 0 Å². The highest BCUT2D eigenvalue weighted by Gasteiger charge is 2.55. The van der Waals surface area contributed by atoms with Gasteiger partial charge in [-0.2, -0.15) is 5.26 Å². The van der Waals surface area contributed by atoms with Crippen molar-refractivity contribution in [2.24, 2.45) is 35.0 Å². The average Bonchev–Trinajstić information content (AvgIpc) is 3.04. The molecule has 0 aromatic heterocycles. The summed E-state index contributed by atoms with van der Waals surface area (Å²) in [7, 11) is 0. The van der Waals surface area contributed by atoms with Crippen molar-refractivity contribution < 1.29 is 9.90 Å². The van der Waals surface area contributed by atoms with Crippen molar-refractivity contribution in [3.63, 3.8) is 0 Å². The third kappa shape index (κ3) is 2.30. The van der Waals surface area contributed by atoms with E-state index < -0.39 is 0 Å². The van der Waals surface area contributed by atoms with Gasteiger partial charge >= 0.3 is 0 Å². The van der Waals surface area contributed by atoms with E-state index in [0.717, 1.165) is 32.1 Å². The number of allylic oxidation sites excluding steroid dienone is 4. The molecule has 4 aliphatic carbocycles. The summed E-state index contributed by atoms with van der Waals surface area (Å²) in [6, 6.07) is 2.31. The van der Waals surface area contributed by atoms with Crippen molar-refractivity contribution in [3.8, 4) is 6.07 Å². The van der Waals surface area contributed by atoms with Crippen LogP contribution in [0.4, 0.5) is 0 Å². The van der Waals surface area contributed by atoms with Gasteiger partial charge in [-0.25, -0.2) is 0 Å². The second kappa shape index (κ2) is 6.15. The molecule has 2 unspecified atom stereocenters. The standard InChI is InChI=1S/C21H27NO2/c22-11-8-15(13-23)21-9-1-2-20(21)19-5-3-14-12-16(24)4-6-17(14)18(19)7-10-21/h1-2,12,15,17-20,23H,3-10,13H2/t15?,17-,18+,19+,20-,21?/m0/s1. The fraction of sp³-hybridized carbons (Fsp3) is 0.714. The Morgan fingerprint density at radius 2 is 2.17 bits per heavy atom. The first kappa shape index (κ1) is 16.1. The van der Waals surface area contributed by atoms with Gasteiger partial charge in [0.1, 0.15) is 0 Å². The molecule has 0 saturated heterocycles. The Morgan fingerprint density at radius 3 is 2.96 bits per heavy atom. The van der Waals surface area contributed by atoms with E-state index in [4.69, 9.17) is 0 Å². The molecular weight excluding hydrogens is 298 g/mol. The predicted octanol–water partition coefficient (Wildman–Crippen LogP) is 3.80. The summed E-state index contributed by atoms with van der Waals surface area (Å²) in [6.45, 7) is 0.131. The number of fused-ring (bicyclic) bond motifs is 5. The zero-order chi connectivity index (χ0) is 16.7. The third-order valence-corrected chi connectivity index (χ3v) is 7.64. The Balaban J connectivity index is 1.63. The normalized spacial score (nSPS) is 41.7. The molecule has 0 radical (unpaired) electrons. The Morgan fingerprint density at radius 1 is 1.29 bits per heavy atom. The SMILES string of the molecule is N#CCC(CO)C12CC=C[C@H]1[C@@H]1CCC3=CC(=O)CC[C@@H]3[C@H]1CC2. The fourth-order valence-corrected chi connectivity index (χ4v) is 6.56. The van der Waals surface area contributed by atoms with Crippen LogP contribution < -0.4 is 0 Å². The highest BCUT2D eigenvalue weighted by Crippen LogP contribution is 2.62. The molecule has 24 heavy (non-hydrogen) atoms. The van der Waals surface area contributed by atoms with Crippen molar-refractivity contribution in [3.05, 3.63) is 23.8 Å². The molecule has 0 heterocycles. The first-order valence-corrected chi connectivity index (χ1v) is 9.57. The Kier molecular flexibility index (Phi) is 4.12. The summed E-state index contributed by atoms with van der Waals surface area (Å²) < 4.78 is 0. The van der Waals surface area contributed by atoms with Gasteiger partial charge in [-0.3, -0.25) is 4.79 Å². The summed E-state index contributed by atoms with van der Waals surface area (Å²) in [5.74, 6) is 2.91. The molecule has 4 rings (SSSR count). The summed E-state index contributed by atoms with van der Waals surface area (Å²) in [5.41, 5.74) is 1.52. The number of nitrogens with zero attached hydrogens (tertiary/aromatic N) is 1. The minimum atomic E-state index is 0.105. The second-order valence-electron chi connectivity index (χ2n) is 8.37. The van der Waals surface area contributed by atoms with Crippen molar-refractivity contribution in [1.29, 1.82) is 5.26 Å². The smallest absolute Gasteiger partial charge is 0.155 e. The maximum absolute atomic E-state index is 11.8. The van der Waals surface area contributed by atoms with E-state index in [1.807, 2.05) is 6.08 Å². The van der Waals surface area contributed by atoms with Crippen LogP contribution in [0.1, 0.15) is 51.4 Å². The molecule has 0 aromatic rings. The zero-order valence-electron chi connectivity index (χ0n) is 14.3. The summed E-state index contributed by atoms with van der Waals surface area (Å²) in [5, 5.41) is 19.1. The second-order valence-corrected chi connectivity index (χ2v) is 8.37. The third-order valence-electron chi connectivity index (χ3n) is 7.64. The van der Waals surface area contributed by atoms with E-state index in [9.17, 15) is 15.2 Å². The van der Waals surface area contributed by atoms with Gasteiger partial charge in [0, 0.05) is 25.4 Å². The minimum Gasteiger partial charge on any atom is -0.396 e. The van der Waals surface area contributed by atoms with Gasteiger partial charge in [-0.05, 0) is 73.7 Å². The molecule has 3 heteroatoms. The van der Waals surface area contributed by atoms with Crippen LogP contribution in [0.25, 0.3) is 0 Å². The van der Waals surface area contributed by atoms with Gasteiger partial charge in [0.25, 0.3) is 0 Å². The summed E-state index contributed by atoms with van der Waals surface area (Å²) in [6.07, 6.45) is 14.5. The van der Waals surface area contributed by atoms with Crippen molar-refractivity contribution in [2.75, 3.05) is 6.61 Å². The first-order valence-electron chi connectivity index (χ1n) is 9.57. The highest BCUT2D eigenvalue weighted by molar-refractivity contribution is 5.91. The molecule has 0 aliphatic heterocycles. The Hall–Kier alpha value is -1.40. The Labute approximate surface area is 144 Å². The number of rotatable bonds is 3. The van der Waals surface area contributed by atoms with Gasteiger partial charge in [0.05, 0.1) is 6.07 Å². The molecule has 1 N–H and O–H groups in total. The lowest BCUT2D eigenvalue weighted by Crippen LogP contribution is -2.49. The van der Waals surface area contributed by atoms with E-state index in [-0.39, 0.29) is 17.9 Å². The van der Waals surface area contributed by atoms with Crippen LogP contribution in [0.15, 0.2) is 23.8 Å². The van der Waals surface area contributed by atoms with Gasteiger partial charge in [-0.1, -0.05) is 17.7 Å². The van der Waals surface area contributed by atoms with E-state index in [1.54, 1.807) is 0 Å². The number of carbonyl (C=O) groups is 1. The number of nitriles is 1. The first-order chi connectivity index (χ1) is 11.7. The molecule has 0 spiro atoms. The number of ketones is 1. The topological polar surface area (TPSA) is 61.1 Å². The lowest BCUT2D eigenvalue weighted by atomic mass is 9.49. The van der Waals surface area contributed by atoms with Gasteiger partial charge < -0.3 is 5.11 Å². The average molecular weight is 325 g/mol. The number of aliphatic hydroxyl groups excluding tert-OH is 1. The largest absolute Gasteiger partial charge is 0.396 e. The maximum Gasteiger partial charge on any atom is 0.155 e. The van der Waals surface area contributed by atoms with Crippen LogP contribution in [-0.4, -0.2) is 17.5 Å². The Bertz CT molecular complexity index is 628. The van der Waals surface area contributed by atoms with Crippen LogP contribution in [-0.2, 0) is 4.79 Å². The van der Waals surface area contributed by atoms with E-state index in [2.05, 4.69) is 18.2 Å². The molecule has 128 valence electrons. The van der Waals surface area contributed by atoms with E-state index in [0.29, 0.717) is 35.9 Å². The van der Waals surface area contributed by atoms with Crippen molar-refractivity contribution >= 4 is 5.78 Å². The van der Waals surface area contributed by atoms with Crippen LogP contribution in [0.3, 0.4) is 0 Å². The quantitative estimate of drug-likeness (QED) is 0.803. The molecule has 0 bridgehead atoms. The lowest BCUT2D eigenvalue weighted by molar-refractivity contribution is -0.116. The van der Waals surface area contributed by atoms with Gasteiger partial charge in [0.15, 0.2) is 5.78 Å². The molecule has 3 nitrogen and oxygen atoms in total. The number of aliphatic hydroxyl groups is 1. The number of hydrogen-bond acceptors (Lipinski definition) is 3. The van der Waals surface area contributed by atoms with Crippen molar-refractivity contribution in [2.45, 2.75) is 51.4 Å². The maximum atomic E-state index is 11.8. The van der Waals surface area contributed by atoms with Crippen LogP contribution in [0, 0.1) is 46.3 Å². The summed E-state index contributed by atoms with van der Waals surface area (Å²) >= 11 is 0. The molecule has 2 saturated carbocycles. The molecular formula is C21H27NO2. The fourth-order valence-electron chi connectivity index (χ4n) is 6.56. The lowest BCUT2D eigenvalue weighted by Gasteiger charge is -2.55. The highest BCUT2D eigenvalue weighted by atomic mass is 16.3. The van der Waals surface area contributed by atoms with Crippen LogP contribution in [0.2, 0.25) is 0 Å². The summed E-state index contributed by atoms with van der Waals surface area (Å²) in [4.78, 5) is 11.8. The predicted molar refractivity (Wildman–Crippen MR) is 91.7 cm³/mol. The van der Waals surface area contributed by atoms with E-state index >= 15 is 0 Å². The molecule has 2 fully saturated rings. The minimum absolute atomic E-state index is 0.105. The number of carbonyl (C=O) groups excluding carboxylic acids is 1. The van der Waals surface area contributed by atoms with Crippen LogP contribution >= 0.6 is 0 Å². The molecule has 0 amide bonds. The van der Waals surface area contributed by atoms with Crippen molar-refractivity contribution in [1.82, 2.24) is 0 Å². The van der Waals surface area contributed by atoms with Gasteiger partial charge in [-0.15, -0.1) is 0 Å². The van der Waals surface area contributed by atoms with E-state index in [1.165, 1.54) is 18.4 Å². The molecule has 4 aliphatic rings. The zero-order valence-corrected chi connectivity index (χ0v) is 14.3. The number of hydrogen-bond donors (Lipinski definition) is 1. The molecule has 0 aromatic carbocycles.